The molecule has 10 heteroatoms. The number of amidine groups is 1. The number of fused-ring (bicyclic) bond motifs is 1. The minimum atomic E-state index is -0.551. The van der Waals surface area contributed by atoms with Gasteiger partial charge in [-0.2, -0.15) is 0 Å². The molecule has 1 unspecified atom stereocenters. The molecule has 1 atom stereocenters. The van der Waals surface area contributed by atoms with Crippen LogP contribution < -0.4 is 14.8 Å². The fraction of sp³-hybridized carbons (Fsp3) is 0.435. The van der Waals surface area contributed by atoms with Crippen LogP contribution in [0, 0.1) is 0 Å². The largest absolute Gasteiger partial charge is 0.497 e. The van der Waals surface area contributed by atoms with Crippen LogP contribution in [0.2, 0.25) is 0 Å². The zero-order chi connectivity index (χ0) is 24.1. The molecule has 1 amide bonds. The number of methoxy groups -OCH3 is 3. The van der Waals surface area contributed by atoms with Gasteiger partial charge in [0, 0.05) is 24.9 Å². The van der Waals surface area contributed by atoms with Crippen molar-refractivity contribution in [2.24, 2.45) is 4.99 Å². The van der Waals surface area contributed by atoms with Gasteiger partial charge in [-0.15, -0.1) is 0 Å². The number of nitrogens with one attached hydrogen (secondary N) is 1. The predicted octanol–water partition coefficient (Wildman–Crippen LogP) is 2.52. The minimum Gasteiger partial charge on any atom is -0.497 e. The third-order valence-corrected chi connectivity index (χ3v) is 6.21. The molecule has 2 aliphatic rings. The highest BCUT2D eigenvalue weighted by Gasteiger charge is 2.41. The molecule has 0 spiro atoms. The van der Waals surface area contributed by atoms with Gasteiger partial charge in [0.15, 0.2) is 5.17 Å². The van der Waals surface area contributed by atoms with Crippen molar-refractivity contribution in [2.45, 2.75) is 19.4 Å². The van der Waals surface area contributed by atoms with Crippen LogP contribution in [0.1, 0.15) is 24.9 Å². The zero-order valence-electron chi connectivity index (χ0n) is 19.8. The van der Waals surface area contributed by atoms with Crippen LogP contribution in [0.4, 0.5) is 0 Å². The van der Waals surface area contributed by atoms with Crippen molar-refractivity contribution in [2.75, 3.05) is 48.5 Å². The fourth-order valence-corrected chi connectivity index (χ4v) is 4.65. The number of aliphatic imine (C=N–C) groups is 1. The number of allylic oxidation sites excluding steroid dienone is 1. The summed E-state index contributed by atoms with van der Waals surface area (Å²) in [7, 11) is 8.40. The van der Waals surface area contributed by atoms with Gasteiger partial charge >= 0.3 is 5.97 Å². The lowest BCUT2D eigenvalue weighted by Crippen LogP contribution is -2.38. The van der Waals surface area contributed by atoms with E-state index in [4.69, 9.17) is 14.2 Å². The maximum atomic E-state index is 12.8. The molecule has 0 aromatic heterocycles. The minimum absolute atomic E-state index is 0.0992. The number of hydrogen-bond acceptors (Lipinski definition) is 9. The molecule has 0 radical (unpaired) electrons. The van der Waals surface area contributed by atoms with Gasteiger partial charge in [0.25, 0.3) is 0 Å². The Kier molecular flexibility index (Phi) is 8.04. The monoisotopic (exact) mass is 474 g/mol. The summed E-state index contributed by atoms with van der Waals surface area (Å²) in [5, 5.41) is 5.54. The Morgan fingerprint density at radius 2 is 1.82 bits per heavy atom. The number of hydrogen-bond donors (Lipinski definition) is 1. The van der Waals surface area contributed by atoms with E-state index in [1.54, 1.807) is 27.2 Å². The van der Waals surface area contributed by atoms with Crippen molar-refractivity contribution in [1.82, 2.24) is 15.1 Å². The first-order chi connectivity index (χ1) is 15.8. The smallest absolute Gasteiger partial charge is 0.338 e. The number of carbonyl (C=O) groups excluding carboxylic acids is 2. The fourth-order valence-electron chi connectivity index (χ4n) is 3.69. The highest BCUT2D eigenvalue weighted by Crippen LogP contribution is 2.46. The van der Waals surface area contributed by atoms with E-state index in [2.05, 4.69) is 10.3 Å². The average Bonchev–Trinajstić information content (AvgIpc) is 3.18. The Labute approximate surface area is 198 Å². The first kappa shape index (κ1) is 24.7. The van der Waals surface area contributed by atoms with Crippen molar-refractivity contribution in [3.8, 4) is 11.5 Å². The van der Waals surface area contributed by atoms with Crippen LogP contribution in [0.5, 0.6) is 11.5 Å². The van der Waals surface area contributed by atoms with E-state index >= 15 is 0 Å². The van der Waals surface area contributed by atoms with Gasteiger partial charge in [-0.1, -0.05) is 11.8 Å². The molecule has 0 aliphatic carbocycles. The molecule has 0 saturated heterocycles. The Balaban J connectivity index is 2.00. The molecular formula is C23H30N4O5S. The highest BCUT2D eigenvalue weighted by atomic mass is 32.2. The maximum Gasteiger partial charge on any atom is 0.338 e. The molecular weight excluding hydrogens is 444 g/mol. The maximum absolute atomic E-state index is 12.8. The van der Waals surface area contributed by atoms with Crippen molar-refractivity contribution in [3.05, 3.63) is 46.1 Å². The number of ether oxygens (including phenoxy) is 3. The third-order valence-electron chi connectivity index (χ3n) is 5.32. The van der Waals surface area contributed by atoms with Crippen LogP contribution in [0.15, 0.2) is 45.6 Å². The number of rotatable bonds is 9. The van der Waals surface area contributed by atoms with E-state index in [1.165, 1.54) is 18.9 Å². The number of amides is 1. The summed E-state index contributed by atoms with van der Waals surface area (Å²) in [4.78, 5) is 34.0. The van der Waals surface area contributed by atoms with E-state index in [0.29, 0.717) is 34.5 Å². The molecule has 1 N–H and O–H groups in total. The van der Waals surface area contributed by atoms with E-state index in [0.717, 1.165) is 17.8 Å². The molecule has 178 valence electrons. The van der Waals surface area contributed by atoms with Gasteiger partial charge in [-0.3, -0.25) is 4.79 Å². The summed E-state index contributed by atoms with van der Waals surface area (Å²) >= 11 is 1.43. The van der Waals surface area contributed by atoms with E-state index in [9.17, 15) is 9.59 Å². The van der Waals surface area contributed by atoms with Crippen LogP contribution in [-0.4, -0.2) is 75.4 Å². The quantitative estimate of drug-likeness (QED) is 0.546. The topological polar surface area (TPSA) is 92.7 Å². The van der Waals surface area contributed by atoms with Crippen molar-refractivity contribution >= 4 is 28.8 Å². The summed E-state index contributed by atoms with van der Waals surface area (Å²) in [6.45, 7) is 3.08. The number of likely N-dealkylation sites (N-methyl/N-ethyl adjacent to an activating group) is 1. The molecule has 9 nitrogen and oxygen atoms in total. The molecule has 2 heterocycles. The zero-order valence-corrected chi connectivity index (χ0v) is 20.6. The van der Waals surface area contributed by atoms with Gasteiger partial charge in [0.1, 0.15) is 11.5 Å². The van der Waals surface area contributed by atoms with E-state index in [1.807, 2.05) is 41.4 Å². The normalized spacial score (nSPS) is 17.4. The summed E-state index contributed by atoms with van der Waals surface area (Å²) in [5.41, 5.74) is 2.48. The van der Waals surface area contributed by atoms with Crippen molar-refractivity contribution in [3.63, 3.8) is 0 Å². The van der Waals surface area contributed by atoms with E-state index in [-0.39, 0.29) is 12.3 Å². The van der Waals surface area contributed by atoms with Gasteiger partial charge in [-0.25, -0.2) is 9.79 Å². The molecule has 3 rings (SSSR count). The highest BCUT2D eigenvalue weighted by molar-refractivity contribution is 8.16. The Hall–Kier alpha value is -2.98. The van der Waals surface area contributed by atoms with Crippen molar-refractivity contribution < 1.29 is 23.8 Å². The lowest BCUT2D eigenvalue weighted by molar-refractivity contribution is -0.136. The summed E-state index contributed by atoms with van der Waals surface area (Å²) < 4.78 is 16.0. The summed E-state index contributed by atoms with van der Waals surface area (Å²) in [5.74, 6) is 0.606. The first-order valence-corrected chi connectivity index (χ1v) is 11.3. The second kappa shape index (κ2) is 10.8. The van der Waals surface area contributed by atoms with Crippen LogP contribution >= 0.6 is 11.8 Å². The molecule has 0 bridgehead atoms. The Bertz CT molecular complexity index is 996. The molecule has 1 aromatic carbocycles. The van der Waals surface area contributed by atoms with E-state index < -0.39 is 12.0 Å². The van der Waals surface area contributed by atoms with Crippen LogP contribution in [0.25, 0.3) is 0 Å². The number of benzene rings is 1. The Morgan fingerprint density at radius 1 is 1.15 bits per heavy atom. The van der Waals surface area contributed by atoms with Crippen molar-refractivity contribution in [1.29, 1.82) is 0 Å². The van der Waals surface area contributed by atoms with Gasteiger partial charge in [0.2, 0.25) is 5.91 Å². The lowest BCUT2D eigenvalue weighted by atomic mass is 9.93. The number of nitrogens with zero attached hydrogens (tertiary/aromatic N) is 3. The molecule has 0 fully saturated rings. The first-order valence-electron chi connectivity index (χ1n) is 10.5. The Morgan fingerprint density at radius 3 is 2.39 bits per heavy atom. The average molecular weight is 475 g/mol. The van der Waals surface area contributed by atoms with Gasteiger partial charge < -0.3 is 29.3 Å². The lowest BCUT2D eigenvalue weighted by Gasteiger charge is -2.36. The molecule has 33 heavy (non-hydrogen) atoms. The predicted molar refractivity (Wildman–Crippen MR) is 128 cm³/mol. The van der Waals surface area contributed by atoms with Gasteiger partial charge in [0.05, 0.1) is 45.1 Å². The number of esters is 1. The summed E-state index contributed by atoms with van der Waals surface area (Å²) in [6.07, 6.45) is 0.157. The SMILES string of the molecule is COC(=O)C1=C(C)N=C2SC=C(CC(=O)NCCN(C)C)N2C1c1cc(OC)cc(OC)c1. The van der Waals surface area contributed by atoms with Crippen LogP contribution in [-0.2, 0) is 14.3 Å². The molecule has 2 aliphatic heterocycles. The van der Waals surface area contributed by atoms with Gasteiger partial charge in [-0.05, 0) is 44.1 Å². The number of carbonyl (C=O) groups is 2. The second-order valence-corrected chi connectivity index (χ2v) is 8.70. The standard InChI is InChI=1S/C23H30N4O5S/c1-14-20(22(29)32-6)21(15-9-17(30-4)12-18(10-15)31-5)27-16(13-33-23(27)25-14)11-19(28)24-7-8-26(2)3/h9-10,12-13,21H,7-8,11H2,1-6H3,(H,24,28). The molecule has 1 aromatic rings. The molecule has 0 saturated carbocycles. The third kappa shape index (κ3) is 5.51. The summed E-state index contributed by atoms with van der Waals surface area (Å²) in [6, 6.07) is 4.92. The number of thioether (sulfide) groups is 1. The van der Waals surface area contributed by atoms with Crippen LogP contribution in [0.3, 0.4) is 0 Å². The second-order valence-electron chi connectivity index (χ2n) is 7.86.